The number of carboxylic acids is 1. The van der Waals surface area contributed by atoms with E-state index >= 15 is 0 Å². The third kappa shape index (κ3) is 6.33. The summed E-state index contributed by atoms with van der Waals surface area (Å²) in [5.41, 5.74) is -0.755. The van der Waals surface area contributed by atoms with Crippen LogP contribution in [0.3, 0.4) is 0 Å². The lowest BCUT2D eigenvalue weighted by molar-refractivity contribution is -0.174. The quantitative estimate of drug-likeness (QED) is 0.103. The number of anilines is 1. The van der Waals surface area contributed by atoms with E-state index in [0.717, 1.165) is 4.90 Å². The Hall–Kier alpha value is -4.20. The van der Waals surface area contributed by atoms with Gasteiger partial charge in [-0.25, -0.2) is 14.5 Å². The molecule has 2 atom stereocenters. The van der Waals surface area contributed by atoms with Crippen LogP contribution in [0.25, 0.3) is 0 Å². The number of hydrogen-bond donors (Lipinski definition) is 3. The highest BCUT2D eigenvalue weighted by molar-refractivity contribution is 8.01. The zero-order valence-corrected chi connectivity index (χ0v) is 21.8. The van der Waals surface area contributed by atoms with Crippen molar-refractivity contribution in [1.82, 2.24) is 35.4 Å². The van der Waals surface area contributed by atoms with Gasteiger partial charge in [0.15, 0.2) is 5.71 Å². The van der Waals surface area contributed by atoms with Crippen LogP contribution in [0.15, 0.2) is 39.8 Å². The standard InChI is InChI=1S/C20H18F3N9O6S2/c1-31-19(27-29-30-31)40-6-9-5-39-17-13(16(35)32(17)14(9)18(36)37)26-15(34)12(28-38-7-20(21,22)23)10-3-2-4-11(25-10)24-8-33/h2-4,8,13,17H,5-7H2,1H3,(H,26,34)(H,36,37)(H,24,25,33)/t13?,17-/m0/s1. The number of tetrazole rings is 1. The normalized spacial score (nSPS) is 19.1. The third-order valence-electron chi connectivity index (χ3n) is 5.29. The van der Waals surface area contributed by atoms with E-state index in [-0.39, 0.29) is 28.7 Å². The molecular weight excluding hydrogens is 583 g/mol. The minimum absolute atomic E-state index is 0.0312. The molecule has 3 amide bonds. The molecule has 20 heteroatoms. The number of β-lactam (4-membered cyclic amide) rings is 1. The largest absolute Gasteiger partial charge is 0.477 e. The first-order chi connectivity index (χ1) is 19.0. The molecule has 0 spiro atoms. The number of fused-ring (bicyclic) bond motifs is 1. The average Bonchev–Trinajstić information content (AvgIpc) is 3.31. The molecule has 4 rings (SSSR count). The number of nitrogens with zero attached hydrogens (tertiary/aromatic N) is 7. The highest BCUT2D eigenvalue weighted by Gasteiger charge is 2.54. The predicted octanol–water partition coefficient (Wildman–Crippen LogP) is -0.0127. The molecule has 0 bridgehead atoms. The second kappa shape index (κ2) is 11.9. The van der Waals surface area contributed by atoms with Crippen LogP contribution in [0.5, 0.6) is 0 Å². The van der Waals surface area contributed by atoms with Crippen molar-refractivity contribution in [2.24, 2.45) is 12.2 Å². The van der Waals surface area contributed by atoms with Gasteiger partial charge in [0.2, 0.25) is 18.2 Å². The van der Waals surface area contributed by atoms with Crippen LogP contribution >= 0.6 is 23.5 Å². The Bertz CT molecular complexity index is 1400. The molecule has 1 saturated heterocycles. The number of aromatic nitrogens is 5. The molecule has 1 unspecified atom stereocenters. The van der Waals surface area contributed by atoms with Gasteiger partial charge < -0.3 is 20.6 Å². The third-order valence-corrected chi connectivity index (χ3v) is 7.73. The van der Waals surface area contributed by atoms with Crippen molar-refractivity contribution in [3.05, 3.63) is 35.2 Å². The fraction of sp³-hybridized carbons (Fsp3) is 0.350. The Kier molecular flexibility index (Phi) is 8.57. The van der Waals surface area contributed by atoms with Crippen molar-refractivity contribution in [2.45, 2.75) is 22.7 Å². The molecule has 3 N–H and O–H groups in total. The number of carbonyl (C=O) groups excluding carboxylic acids is 3. The van der Waals surface area contributed by atoms with Gasteiger partial charge in [0, 0.05) is 18.6 Å². The van der Waals surface area contributed by atoms with E-state index < -0.39 is 47.7 Å². The maximum Gasteiger partial charge on any atom is 0.425 e. The van der Waals surface area contributed by atoms with Gasteiger partial charge in [-0.1, -0.05) is 23.0 Å². The number of pyridine rings is 1. The van der Waals surface area contributed by atoms with Gasteiger partial charge in [-0.15, -0.1) is 16.9 Å². The molecule has 40 heavy (non-hydrogen) atoms. The molecular formula is C20H18F3N9O6S2. The van der Waals surface area contributed by atoms with E-state index in [2.05, 4.69) is 41.1 Å². The predicted molar refractivity (Wildman–Crippen MR) is 132 cm³/mol. The minimum atomic E-state index is -4.75. The van der Waals surface area contributed by atoms with E-state index in [0.29, 0.717) is 17.1 Å². The molecule has 0 aliphatic carbocycles. The first-order valence-electron chi connectivity index (χ1n) is 11.0. The Labute approximate surface area is 230 Å². The zero-order valence-electron chi connectivity index (χ0n) is 20.2. The number of carbonyl (C=O) groups is 4. The van der Waals surface area contributed by atoms with Crippen LogP contribution in [0.1, 0.15) is 5.69 Å². The van der Waals surface area contributed by atoms with Gasteiger partial charge >= 0.3 is 12.1 Å². The number of hydrogen-bond acceptors (Lipinski definition) is 12. The van der Waals surface area contributed by atoms with Crippen LogP contribution < -0.4 is 10.6 Å². The van der Waals surface area contributed by atoms with E-state index in [1.54, 1.807) is 7.05 Å². The molecule has 2 aromatic heterocycles. The van der Waals surface area contributed by atoms with Crippen LogP contribution in [-0.4, -0.2) is 101 Å². The molecule has 0 saturated carbocycles. The van der Waals surface area contributed by atoms with Crippen molar-refractivity contribution in [3.63, 3.8) is 0 Å². The van der Waals surface area contributed by atoms with E-state index in [9.17, 15) is 37.5 Å². The summed E-state index contributed by atoms with van der Waals surface area (Å²) < 4.78 is 39.2. The van der Waals surface area contributed by atoms with Gasteiger partial charge in [-0.05, 0) is 28.1 Å². The number of halogens is 3. The lowest BCUT2D eigenvalue weighted by Crippen LogP contribution is -2.71. The summed E-state index contributed by atoms with van der Waals surface area (Å²) >= 11 is 2.37. The lowest BCUT2D eigenvalue weighted by atomic mass is 10.0. The molecule has 212 valence electrons. The molecule has 1 fully saturated rings. The number of thioether (sulfide) groups is 2. The van der Waals surface area contributed by atoms with Gasteiger partial charge in [0.05, 0.1) is 0 Å². The first kappa shape index (κ1) is 28.8. The fourth-order valence-corrected chi connectivity index (χ4v) is 5.92. The van der Waals surface area contributed by atoms with Crippen molar-refractivity contribution in [3.8, 4) is 0 Å². The van der Waals surface area contributed by atoms with Crippen molar-refractivity contribution < 1.29 is 42.3 Å². The van der Waals surface area contributed by atoms with Crippen molar-refractivity contribution in [2.75, 3.05) is 23.4 Å². The Balaban J connectivity index is 1.52. The highest BCUT2D eigenvalue weighted by Crippen LogP contribution is 2.41. The van der Waals surface area contributed by atoms with Gasteiger partial charge in [-0.2, -0.15) is 13.2 Å². The highest BCUT2D eigenvalue weighted by atomic mass is 32.2. The number of rotatable bonds is 11. The van der Waals surface area contributed by atoms with Crippen LogP contribution in [0, 0.1) is 0 Å². The van der Waals surface area contributed by atoms with Crippen LogP contribution in [0.2, 0.25) is 0 Å². The van der Waals surface area contributed by atoms with Gasteiger partial charge in [0.1, 0.15) is 28.6 Å². The fourth-order valence-electron chi connectivity index (χ4n) is 3.58. The van der Waals surface area contributed by atoms with E-state index in [1.165, 1.54) is 46.4 Å². The summed E-state index contributed by atoms with van der Waals surface area (Å²) in [4.78, 5) is 58.1. The maximum absolute atomic E-state index is 13.1. The van der Waals surface area contributed by atoms with Crippen LogP contribution in [0.4, 0.5) is 19.0 Å². The molecule has 15 nitrogen and oxygen atoms in total. The van der Waals surface area contributed by atoms with Gasteiger partial charge in [0.25, 0.3) is 11.8 Å². The summed E-state index contributed by atoms with van der Waals surface area (Å²) in [7, 11) is 1.61. The summed E-state index contributed by atoms with van der Waals surface area (Å²) in [5.74, 6) is -2.84. The van der Waals surface area contributed by atoms with Crippen molar-refractivity contribution >= 4 is 59.2 Å². The van der Waals surface area contributed by atoms with E-state index in [1.807, 2.05) is 0 Å². The number of alkyl halides is 3. The summed E-state index contributed by atoms with van der Waals surface area (Å²) in [5, 5.41) is 28.4. The smallest absolute Gasteiger partial charge is 0.425 e. The second-order valence-electron chi connectivity index (χ2n) is 7.99. The number of aryl methyl sites for hydroxylation is 1. The molecule has 2 aliphatic heterocycles. The molecule has 2 aromatic rings. The van der Waals surface area contributed by atoms with E-state index in [4.69, 9.17) is 0 Å². The number of amides is 3. The van der Waals surface area contributed by atoms with Gasteiger partial charge in [-0.3, -0.25) is 19.3 Å². The molecule has 0 aromatic carbocycles. The van der Waals surface area contributed by atoms with Crippen molar-refractivity contribution in [1.29, 1.82) is 0 Å². The second-order valence-corrected chi connectivity index (χ2v) is 10.0. The summed E-state index contributed by atoms with van der Waals surface area (Å²) in [6.45, 7) is -1.80. The molecule has 2 aliphatic rings. The number of carboxylic acid groups (broad SMARTS) is 1. The maximum atomic E-state index is 13.1. The Morgan fingerprint density at radius 3 is 2.80 bits per heavy atom. The summed E-state index contributed by atoms with van der Waals surface area (Å²) in [6.07, 6.45) is -4.45. The SMILES string of the molecule is Cn1nnnc1SCC1=C(C(=O)O)N2C(=O)C(NC(=O)C(=NOCC(F)(F)F)c3cccc(NC=O)n3)[C@@H]2SC1. The molecule has 4 heterocycles. The zero-order chi connectivity index (χ0) is 29.0. The lowest BCUT2D eigenvalue weighted by Gasteiger charge is -2.49. The Morgan fingerprint density at radius 2 is 2.15 bits per heavy atom. The topological polar surface area (TPSA) is 194 Å². The number of nitrogens with one attached hydrogen (secondary N) is 2. The summed E-state index contributed by atoms with van der Waals surface area (Å²) in [6, 6.07) is 2.73. The Morgan fingerprint density at radius 1 is 1.38 bits per heavy atom. The first-order valence-corrected chi connectivity index (χ1v) is 13.0. The number of oxime groups is 1. The molecule has 0 radical (unpaired) electrons. The number of aliphatic carboxylic acids is 1. The average molecular weight is 602 g/mol. The minimum Gasteiger partial charge on any atom is -0.477 e. The van der Waals surface area contributed by atoms with Crippen LogP contribution in [-0.2, 0) is 31.1 Å². The monoisotopic (exact) mass is 601 g/mol.